The Morgan fingerprint density at radius 3 is 2.84 bits per heavy atom. The molecule has 19 heavy (non-hydrogen) atoms. The number of hydrogen-bond donors (Lipinski definition) is 1. The minimum absolute atomic E-state index is 0.298. The van der Waals surface area contributed by atoms with Crippen LogP contribution in [0.5, 0.6) is 5.88 Å². The lowest BCUT2D eigenvalue weighted by molar-refractivity contribution is 0.242. The Balaban J connectivity index is 1.89. The summed E-state index contributed by atoms with van der Waals surface area (Å²) in [6, 6.07) is 2.54. The molecule has 1 saturated heterocycles. The number of nitrogens with zero attached hydrogens (tertiary/aromatic N) is 3. The maximum Gasteiger partial charge on any atom is 0.225 e. The Morgan fingerprint density at radius 2 is 2.00 bits per heavy atom. The smallest absolute Gasteiger partial charge is 0.225 e. The molecule has 1 aliphatic carbocycles. The van der Waals surface area contributed by atoms with Crippen LogP contribution >= 0.6 is 0 Å². The average molecular weight is 262 g/mol. The van der Waals surface area contributed by atoms with Crippen molar-refractivity contribution in [3.8, 4) is 5.88 Å². The average Bonchev–Trinajstić information content (AvgIpc) is 2.46. The first kappa shape index (κ1) is 12.5. The second kappa shape index (κ2) is 5.23. The van der Waals surface area contributed by atoms with Crippen LogP contribution in [0.3, 0.4) is 0 Å². The summed E-state index contributed by atoms with van der Waals surface area (Å²) in [5.74, 6) is 2.61. The first-order valence-corrected chi connectivity index (χ1v) is 7.23. The molecule has 5 nitrogen and oxygen atoms in total. The topological polar surface area (TPSA) is 64.3 Å². The highest BCUT2D eigenvalue weighted by Gasteiger charge is 2.34. The number of aromatic nitrogens is 2. The summed E-state index contributed by atoms with van der Waals surface area (Å²) in [4.78, 5) is 10.9. The van der Waals surface area contributed by atoms with E-state index >= 15 is 0 Å². The van der Waals surface area contributed by atoms with E-state index in [1.807, 2.05) is 6.07 Å². The van der Waals surface area contributed by atoms with Crippen molar-refractivity contribution in [2.75, 3.05) is 24.3 Å². The molecule has 0 bridgehead atoms. The van der Waals surface area contributed by atoms with E-state index in [-0.39, 0.29) is 0 Å². The number of piperidine rings is 1. The Kier molecular flexibility index (Phi) is 3.44. The maximum absolute atomic E-state index is 5.78. The zero-order chi connectivity index (χ0) is 13.2. The second-order valence-electron chi connectivity index (χ2n) is 5.57. The second-order valence-corrected chi connectivity index (χ2v) is 5.57. The Bertz CT molecular complexity index is 449. The third kappa shape index (κ3) is 2.46. The summed E-state index contributed by atoms with van der Waals surface area (Å²) in [5, 5.41) is 0. The molecule has 1 aliphatic heterocycles. The Morgan fingerprint density at radius 1 is 1.21 bits per heavy atom. The number of nitrogen functional groups attached to an aromatic ring is 1. The van der Waals surface area contributed by atoms with E-state index in [9.17, 15) is 0 Å². The van der Waals surface area contributed by atoms with E-state index in [0.29, 0.717) is 17.9 Å². The lowest BCUT2D eigenvalue weighted by Crippen LogP contribution is -2.47. The molecule has 1 aromatic heterocycles. The quantitative estimate of drug-likeness (QED) is 0.885. The Labute approximate surface area is 114 Å². The number of nitrogens with two attached hydrogens (primary N) is 1. The van der Waals surface area contributed by atoms with Crippen molar-refractivity contribution in [3.05, 3.63) is 6.07 Å². The van der Waals surface area contributed by atoms with Gasteiger partial charge in [-0.2, -0.15) is 9.97 Å². The molecule has 2 fully saturated rings. The fourth-order valence-corrected chi connectivity index (χ4v) is 3.59. The van der Waals surface area contributed by atoms with Crippen molar-refractivity contribution in [2.24, 2.45) is 5.92 Å². The molecule has 5 heteroatoms. The van der Waals surface area contributed by atoms with Crippen LogP contribution in [0, 0.1) is 5.92 Å². The first-order valence-electron chi connectivity index (χ1n) is 7.23. The molecule has 1 aromatic rings. The van der Waals surface area contributed by atoms with Crippen LogP contribution in [-0.2, 0) is 0 Å². The maximum atomic E-state index is 5.78. The molecule has 104 valence electrons. The van der Waals surface area contributed by atoms with Crippen molar-refractivity contribution < 1.29 is 4.74 Å². The van der Waals surface area contributed by atoms with E-state index in [1.54, 1.807) is 7.11 Å². The molecule has 0 unspecified atom stereocenters. The fraction of sp³-hybridized carbons (Fsp3) is 0.714. The molecule has 2 heterocycles. The van der Waals surface area contributed by atoms with Crippen LogP contribution in [0.2, 0.25) is 0 Å². The van der Waals surface area contributed by atoms with Gasteiger partial charge in [-0.05, 0) is 31.6 Å². The van der Waals surface area contributed by atoms with Gasteiger partial charge in [0, 0.05) is 18.7 Å². The van der Waals surface area contributed by atoms with Crippen LogP contribution in [0.15, 0.2) is 6.07 Å². The van der Waals surface area contributed by atoms with Crippen molar-refractivity contribution in [1.29, 1.82) is 0 Å². The zero-order valence-corrected chi connectivity index (χ0v) is 11.5. The van der Waals surface area contributed by atoms with Crippen LogP contribution in [-0.4, -0.2) is 29.7 Å². The van der Waals surface area contributed by atoms with Gasteiger partial charge in [0.2, 0.25) is 11.8 Å². The van der Waals surface area contributed by atoms with Crippen LogP contribution in [0.25, 0.3) is 0 Å². The van der Waals surface area contributed by atoms with Crippen LogP contribution in [0.1, 0.15) is 38.5 Å². The predicted octanol–water partition coefficient (Wildman–Crippen LogP) is 2.23. The summed E-state index contributed by atoms with van der Waals surface area (Å²) in [6.45, 7) is 1.07. The molecule has 2 N–H and O–H groups in total. The molecule has 2 atom stereocenters. The van der Waals surface area contributed by atoms with Crippen molar-refractivity contribution in [1.82, 2.24) is 9.97 Å². The molecule has 3 rings (SSSR count). The number of methoxy groups -OCH3 is 1. The van der Waals surface area contributed by atoms with E-state index in [1.165, 1.54) is 38.5 Å². The predicted molar refractivity (Wildman–Crippen MR) is 75.3 cm³/mol. The molecular formula is C14H22N4O. The minimum atomic E-state index is 0.298. The van der Waals surface area contributed by atoms with Gasteiger partial charge >= 0.3 is 0 Å². The minimum Gasteiger partial charge on any atom is -0.481 e. The van der Waals surface area contributed by atoms with Gasteiger partial charge in [0.15, 0.2) is 0 Å². The van der Waals surface area contributed by atoms with Gasteiger partial charge in [-0.15, -0.1) is 0 Å². The normalized spacial score (nSPS) is 26.9. The largest absolute Gasteiger partial charge is 0.481 e. The zero-order valence-electron chi connectivity index (χ0n) is 11.5. The molecule has 0 radical (unpaired) electrons. The standard InChI is InChI=1S/C14H22N4O/c1-19-13-9-12(16-14(15)17-13)18-8-4-6-10-5-2-3-7-11(10)18/h9-11H,2-8H2,1H3,(H2,15,16,17)/t10-,11-/m1/s1. The molecule has 0 spiro atoms. The highest BCUT2D eigenvalue weighted by molar-refractivity contribution is 5.47. The number of ether oxygens (including phenoxy) is 1. The summed E-state index contributed by atoms with van der Waals surface area (Å²) in [5.41, 5.74) is 5.78. The third-order valence-electron chi connectivity index (χ3n) is 4.45. The van der Waals surface area contributed by atoms with Gasteiger partial charge in [0.1, 0.15) is 5.82 Å². The van der Waals surface area contributed by atoms with E-state index in [0.717, 1.165) is 18.3 Å². The summed E-state index contributed by atoms with van der Waals surface area (Å²) >= 11 is 0. The summed E-state index contributed by atoms with van der Waals surface area (Å²) in [7, 11) is 1.62. The summed E-state index contributed by atoms with van der Waals surface area (Å²) in [6.07, 6.45) is 7.95. The van der Waals surface area contributed by atoms with Gasteiger partial charge in [-0.25, -0.2) is 0 Å². The lowest BCUT2D eigenvalue weighted by Gasteiger charge is -2.44. The number of anilines is 2. The molecular weight excluding hydrogens is 240 g/mol. The number of hydrogen-bond acceptors (Lipinski definition) is 5. The highest BCUT2D eigenvalue weighted by atomic mass is 16.5. The van der Waals surface area contributed by atoms with Gasteiger partial charge in [0.25, 0.3) is 0 Å². The van der Waals surface area contributed by atoms with Crippen molar-refractivity contribution >= 4 is 11.8 Å². The van der Waals surface area contributed by atoms with Crippen LogP contribution in [0.4, 0.5) is 11.8 Å². The van der Waals surface area contributed by atoms with Gasteiger partial charge in [-0.1, -0.05) is 12.8 Å². The molecule has 2 aliphatic rings. The highest BCUT2D eigenvalue weighted by Crippen LogP contribution is 2.37. The molecule has 1 saturated carbocycles. The lowest BCUT2D eigenvalue weighted by atomic mass is 9.78. The van der Waals surface area contributed by atoms with Crippen molar-refractivity contribution in [3.63, 3.8) is 0 Å². The first-order chi connectivity index (χ1) is 9.28. The van der Waals surface area contributed by atoms with Crippen molar-refractivity contribution in [2.45, 2.75) is 44.6 Å². The third-order valence-corrected chi connectivity index (χ3v) is 4.45. The van der Waals surface area contributed by atoms with E-state index in [2.05, 4.69) is 14.9 Å². The van der Waals surface area contributed by atoms with E-state index < -0.39 is 0 Å². The van der Waals surface area contributed by atoms with Gasteiger partial charge in [-0.3, -0.25) is 0 Å². The van der Waals surface area contributed by atoms with Crippen LogP contribution < -0.4 is 15.4 Å². The molecule has 0 amide bonds. The fourth-order valence-electron chi connectivity index (χ4n) is 3.59. The van der Waals surface area contributed by atoms with Gasteiger partial charge in [0.05, 0.1) is 7.11 Å². The van der Waals surface area contributed by atoms with Gasteiger partial charge < -0.3 is 15.4 Å². The monoisotopic (exact) mass is 262 g/mol. The molecule has 0 aromatic carbocycles. The SMILES string of the molecule is COc1cc(N2CCC[C@H]3CCCC[C@H]32)nc(N)n1. The number of fused-ring (bicyclic) bond motifs is 1. The summed E-state index contributed by atoms with van der Waals surface area (Å²) < 4.78 is 5.20. The Hall–Kier alpha value is -1.52. The number of rotatable bonds is 2. The van der Waals surface area contributed by atoms with E-state index in [4.69, 9.17) is 10.5 Å².